The summed E-state index contributed by atoms with van der Waals surface area (Å²) in [6, 6.07) is 28.9. The van der Waals surface area contributed by atoms with Crippen LogP contribution in [0.4, 0.5) is 0 Å². The first-order chi connectivity index (χ1) is 14.5. The molecule has 0 aliphatic rings. The molecule has 0 saturated carbocycles. The topological polar surface area (TPSA) is 6.48 Å². The molecule has 0 N–H and O–H groups in total. The van der Waals surface area contributed by atoms with Crippen molar-refractivity contribution in [1.29, 1.82) is 0 Å². The van der Waals surface area contributed by atoms with E-state index in [0.29, 0.717) is 34.8 Å². The van der Waals surface area contributed by atoms with Crippen LogP contribution in [0.5, 0.6) is 0 Å². The number of hydrogen-bond donors (Lipinski definition) is 0. The summed E-state index contributed by atoms with van der Waals surface area (Å²) >= 11 is 21.2. The molecule has 0 aliphatic carbocycles. The van der Waals surface area contributed by atoms with Crippen LogP contribution in [0.2, 0.25) is 0 Å². The van der Waals surface area contributed by atoms with E-state index in [-0.39, 0.29) is 0 Å². The minimum atomic E-state index is 0.480. The maximum atomic E-state index is 5.30. The van der Waals surface area contributed by atoms with Gasteiger partial charge in [0.2, 0.25) is 0 Å². The molecule has 3 rings (SSSR count). The average Bonchev–Trinajstić information content (AvgIpc) is 2.75. The minimum Gasteiger partial charge on any atom is -0.411 e. The van der Waals surface area contributed by atoms with Crippen LogP contribution in [0, 0.1) is 0 Å². The molecule has 0 aliphatic heterocycles. The monoisotopic (exact) mass is 466 g/mol. The number of benzene rings is 3. The lowest BCUT2D eigenvalue weighted by Gasteiger charge is -2.30. The first-order valence-electron chi connectivity index (χ1n) is 9.59. The molecule has 30 heavy (non-hydrogen) atoms. The van der Waals surface area contributed by atoms with Gasteiger partial charge in [0.1, 0.15) is 0 Å². The average molecular weight is 467 g/mol. The van der Waals surface area contributed by atoms with E-state index in [1.165, 1.54) is 11.1 Å². The zero-order valence-corrected chi connectivity index (χ0v) is 19.7. The van der Waals surface area contributed by atoms with Gasteiger partial charge in [-0.05, 0) is 22.3 Å². The molecule has 154 valence electrons. The Labute approximate surface area is 200 Å². The molecule has 0 spiro atoms. The summed E-state index contributed by atoms with van der Waals surface area (Å²) in [4.78, 5) is 4.07. The number of rotatable bonds is 8. The van der Waals surface area contributed by atoms with Gasteiger partial charge in [-0.1, -0.05) is 93.6 Å². The van der Waals surface area contributed by atoms with Crippen LogP contribution in [0.3, 0.4) is 0 Å². The van der Waals surface area contributed by atoms with Crippen LogP contribution < -0.4 is 0 Å². The Morgan fingerprint density at radius 1 is 0.500 bits per heavy atom. The van der Waals surface area contributed by atoms with E-state index in [1.807, 2.05) is 46.2 Å². The number of hydrogen-bond acceptors (Lipinski definition) is 4. The third kappa shape index (κ3) is 6.99. The van der Waals surface area contributed by atoms with Gasteiger partial charge in [0.15, 0.2) is 0 Å². The fourth-order valence-corrected chi connectivity index (χ4v) is 3.68. The summed E-state index contributed by atoms with van der Waals surface area (Å²) in [5, 5.41) is 0. The van der Waals surface area contributed by atoms with Crippen molar-refractivity contribution in [3.63, 3.8) is 0 Å². The van der Waals surface area contributed by atoms with Crippen molar-refractivity contribution in [1.82, 2.24) is 9.80 Å². The minimum absolute atomic E-state index is 0.480. The first kappa shape index (κ1) is 22.6. The molecular formula is C24H22N2S4-2. The van der Waals surface area contributed by atoms with Crippen molar-refractivity contribution >= 4 is 58.3 Å². The maximum absolute atomic E-state index is 5.30. The predicted octanol–water partition coefficient (Wildman–Crippen LogP) is 5.35. The van der Waals surface area contributed by atoms with E-state index in [0.717, 1.165) is 11.1 Å². The fourth-order valence-electron chi connectivity index (χ4n) is 3.17. The molecule has 3 aromatic carbocycles. The molecule has 3 aromatic rings. The molecule has 0 radical (unpaired) electrons. The molecule has 0 unspecified atom stereocenters. The molecular weight excluding hydrogens is 445 g/mol. The summed E-state index contributed by atoms with van der Waals surface area (Å²) in [7, 11) is 0. The smallest absolute Gasteiger partial charge is 0.0417 e. The van der Waals surface area contributed by atoms with E-state index >= 15 is 0 Å². The molecule has 0 heterocycles. The Balaban J connectivity index is 1.64. The highest BCUT2D eigenvalue weighted by Crippen LogP contribution is 2.15. The van der Waals surface area contributed by atoms with Gasteiger partial charge in [-0.15, -0.1) is 0 Å². The van der Waals surface area contributed by atoms with Gasteiger partial charge in [0.25, 0.3) is 0 Å². The highest BCUT2D eigenvalue weighted by atomic mass is 32.1. The van der Waals surface area contributed by atoms with Gasteiger partial charge < -0.3 is 59.5 Å². The van der Waals surface area contributed by atoms with Crippen molar-refractivity contribution < 1.29 is 0 Å². The highest BCUT2D eigenvalue weighted by molar-refractivity contribution is 8.00. The molecule has 0 aromatic heterocycles. The lowest BCUT2D eigenvalue weighted by molar-refractivity contribution is 0.418. The van der Waals surface area contributed by atoms with Gasteiger partial charge in [-0.3, -0.25) is 0 Å². The largest absolute Gasteiger partial charge is 0.411 e. The first-order valence-corrected chi connectivity index (χ1v) is 11.2. The molecule has 0 amide bonds. The Hall–Kier alpha value is -2.12. The molecule has 2 nitrogen and oxygen atoms in total. The number of nitrogens with zero attached hydrogens (tertiary/aromatic N) is 2. The second-order valence-corrected chi connectivity index (χ2v) is 9.10. The van der Waals surface area contributed by atoms with Crippen molar-refractivity contribution in [3.8, 4) is 0 Å². The zero-order valence-electron chi connectivity index (χ0n) is 16.4. The van der Waals surface area contributed by atoms with E-state index in [9.17, 15) is 0 Å². The normalized spacial score (nSPS) is 10.4. The quantitative estimate of drug-likeness (QED) is 0.324. The van der Waals surface area contributed by atoms with Gasteiger partial charge >= 0.3 is 0 Å². The van der Waals surface area contributed by atoms with E-state index in [4.69, 9.17) is 49.7 Å². The highest BCUT2D eigenvalue weighted by Gasteiger charge is 2.07. The fraction of sp³-hybridized carbons (Fsp3) is 0.167. The summed E-state index contributed by atoms with van der Waals surface area (Å²) in [6.45, 7) is 2.79. The van der Waals surface area contributed by atoms with Crippen LogP contribution >= 0.6 is 24.4 Å². The van der Waals surface area contributed by atoms with Gasteiger partial charge in [0, 0.05) is 26.2 Å². The van der Waals surface area contributed by atoms with Crippen molar-refractivity contribution in [2.75, 3.05) is 0 Å². The molecule has 6 heteroatoms. The zero-order chi connectivity index (χ0) is 21.3. The Bertz CT molecular complexity index is 879. The summed E-state index contributed by atoms with van der Waals surface area (Å²) in [5.41, 5.74) is 4.71. The van der Waals surface area contributed by atoms with Crippen molar-refractivity contribution in [2.45, 2.75) is 26.2 Å². The SMILES string of the molecule is S=C([S-])N(Cc1ccccc1)Cc1ccc(CN(Cc2ccccc2)C(=S)[S-])cc1. The maximum Gasteiger partial charge on any atom is 0.0417 e. The molecule has 0 atom stereocenters. The summed E-state index contributed by atoms with van der Waals surface area (Å²) < 4.78 is 0.960. The third-order valence-electron chi connectivity index (χ3n) is 4.72. The van der Waals surface area contributed by atoms with Crippen LogP contribution in [0.25, 0.3) is 0 Å². The van der Waals surface area contributed by atoms with Gasteiger partial charge in [-0.2, -0.15) is 0 Å². The van der Waals surface area contributed by atoms with Crippen LogP contribution in [-0.4, -0.2) is 18.4 Å². The van der Waals surface area contributed by atoms with E-state index < -0.39 is 0 Å². The van der Waals surface area contributed by atoms with E-state index in [1.54, 1.807) is 0 Å². The number of thiocarbonyl (C=S) groups is 2. The van der Waals surface area contributed by atoms with Gasteiger partial charge in [0.05, 0.1) is 0 Å². The van der Waals surface area contributed by atoms with Gasteiger partial charge in [-0.25, -0.2) is 0 Å². The second-order valence-electron chi connectivity index (χ2n) is 7.03. The van der Waals surface area contributed by atoms with Crippen LogP contribution in [0.1, 0.15) is 22.3 Å². The third-order valence-corrected chi connectivity index (χ3v) is 5.75. The Morgan fingerprint density at radius 2 is 0.767 bits per heavy atom. The summed E-state index contributed by atoms with van der Waals surface area (Å²) in [6.07, 6.45) is 0. The lowest BCUT2D eigenvalue weighted by atomic mass is 10.1. The Morgan fingerprint density at radius 3 is 1.03 bits per heavy atom. The van der Waals surface area contributed by atoms with Crippen LogP contribution in [0.15, 0.2) is 84.9 Å². The molecule has 0 saturated heterocycles. The van der Waals surface area contributed by atoms with Crippen molar-refractivity contribution in [2.24, 2.45) is 0 Å². The predicted molar refractivity (Wildman–Crippen MR) is 138 cm³/mol. The lowest BCUT2D eigenvalue weighted by Crippen LogP contribution is -2.27. The molecule has 0 bridgehead atoms. The van der Waals surface area contributed by atoms with Crippen LogP contribution in [-0.2, 0) is 51.4 Å². The van der Waals surface area contributed by atoms with Crippen molar-refractivity contribution in [3.05, 3.63) is 107 Å². The second kappa shape index (κ2) is 11.3. The summed E-state index contributed by atoms with van der Waals surface area (Å²) in [5.74, 6) is 0. The standard InChI is InChI=1S/C24H24N2S4/c27-23(28)25(15-19-7-3-1-4-8-19)17-21-11-13-22(14-12-21)18-26(24(29)30)16-20-9-5-2-6-10-20/h1-14H,15-18H2,(H,27,28)(H,29,30)/p-2. The van der Waals surface area contributed by atoms with E-state index in [2.05, 4.69) is 48.5 Å². The Kier molecular flexibility index (Phi) is 8.51. The molecule has 0 fully saturated rings.